The number of hydrogen-bond acceptors (Lipinski definition) is 3. The molecule has 0 saturated carbocycles. The lowest BCUT2D eigenvalue weighted by Crippen LogP contribution is -2.33. The Balaban J connectivity index is 3.29. The largest absolute Gasteiger partial charge is 0.433 e. The molecule has 0 fully saturated rings. The van der Waals surface area contributed by atoms with Crippen molar-refractivity contribution in [1.29, 1.82) is 0 Å². The van der Waals surface area contributed by atoms with Gasteiger partial charge in [0.2, 0.25) is 0 Å². The summed E-state index contributed by atoms with van der Waals surface area (Å²) in [5.41, 5.74) is 5.30. The Labute approximate surface area is 105 Å². The summed E-state index contributed by atoms with van der Waals surface area (Å²) in [4.78, 5) is 5.53. The van der Waals surface area contributed by atoms with Crippen molar-refractivity contribution < 1.29 is 13.2 Å². The fourth-order valence-electron chi connectivity index (χ4n) is 1.80. The molecule has 3 nitrogen and oxygen atoms in total. The second kappa shape index (κ2) is 5.56. The molecule has 1 aromatic rings. The first-order valence-electron chi connectivity index (χ1n) is 5.85. The van der Waals surface area contributed by atoms with Crippen LogP contribution >= 0.6 is 0 Å². The van der Waals surface area contributed by atoms with Crippen LogP contribution in [0.3, 0.4) is 0 Å². The van der Waals surface area contributed by atoms with Crippen LogP contribution in [0.1, 0.15) is 32.0 Å². The van der Waals surface area contributed by atoms with Crippen molar-refractivity contribution in [2.45, 2.75) is 39.5 Å². The van der Waals surface area contributed by atoms with Gasteiger partial charge in [-0.1, -0.05) is 6.07 Å². The Morgan fingerprint density at radius 3 is 2.33 bits per heavy atom. The summed E-state index contributed by atoms with van der Waals surface area (Å²) < 4.78 is 38.0. The van der Waals surface area contributed by atoms with Gasteiger partial charge < -0.3 is 10.6 Å². The third-order valence-corrected chi connectivity index (χ3v) is 2.70. The highest BCUT2D eigenvalue weighted by molar-refractivity contribution is 5.48. The van der Waals surface area contributed by atoms with E-state index in [9.17, 15) is 13.2 Å². The number of nitrogens with two attached hydrogens (primary N) is 1. The standard InChI is InChI=1S/C12H18F3N3/c1-4-18(8(2)3)11-9(7-16)5-6-10(17-11)12(13,14)15/h5-6,8H,4,7,16H2,1-3H3. The maximum Gasteiger partial charge on any atom is 0.433 e. The third-order valence-electron chi connectivity index (χ3n) is 2.70. The summed E-state index contributed by atoms with van der Waals surface area (Å²) in [6.45, 7) is 6.45. The third kappa shape index (κ3) is 3.13. The van der Waals surface area contributed by atoms with E-state index in [2.05, 4.69) is 4.98 Å². The van der Waals surface area contributed by atoms with Gasteiger partial charge >= 0.3 is 6.18 Å². The van der Waals surface area contributed by atoms with E-state index < -0.39 is 11.9 Å². The number of anilines is 1. The second-order valence-corrected chi connectivity index (χ2v) is 4.26. The summed E-state index contributed by atoms with van der Waals surface area (Å²) in [5.74, 6) is 0.324. The van der Waals surface area contributed by atoms with Crippen LogP contribution in [0, 0.1) is 0 Å². The molecular weight excluding hydrogens is 243 g/mol. The molecule has 0 aliphatic carbocycles. The molecule has 0 atom stereocenters. The van der Waals surface area contributed by atoms with Crippen LogP contribution in [0.4, 0.5) is 19.0 Å². The van der Waals surface area contributed by atoms with Gasteiger partial charge in [0.25, 0.3) is 0 Å². The zero-order valence-electron chi connectivity index (χ0n) is 10.8. The number of halogens is 3. The Morgan fingerprint density at radius 1 is 1.33 bits per heavy atom. The Bertz CT molecular complexity index is 402. The topological polar surface area (TPSA) is 42.2 Å². The number of pyridine rings is 1. The summed E-state index contributed by atoms with van der Waals surface area (Å²) in [7, 11) is 0. The molecule has 0 aliphatic heterocycles. The fraction of sp³-hybridized carbons (Fsp3) is 0.583. The van der Waals surface area contributed by atoms with Crippen LogP contribution < -0.4 is 10.6 Å². The van der Waals surface area contributed by atoms with Crippen molar-refractivity contribution in [2.24, 2.45) is 5.73 Å². The number of hydrogen-bond donors (Lipinski definition) is 1. The molecule has 102 valence electrons. The summed E-state index contributed by atoms with van der Waals surface area (Å²) in [5, 5.41) is 0. The average molecular weight is 261 g/mol. The molecule has 2 N–H and O–H groups in total. The highest BCUT2D eigenvalue weighted by Gasteiger charge is 2.33. The normalized spacial score (nSPS) is 12.0. The van der Waals surface area contributed by atoms with Crippen LogP contribution in [-0.4, -0.2) is 17.6 Å². The van der Waals surface area contributed by atoms with Crippen molar-refractivity contribution in [1.82, 2.24) is 4.98 Å². The van der Waals surface area contributed by atoms with Crippen molar-refractivity contribution in [3.63, 3.8) is 0 Å². The van der Waals surface area contributed by atoms with Gasteiger partial charge in [-0.3, -0.25) is 0 Å². The predicted octanol–water partition coefficient (Wildman–Crippen LogP) is 2.79. The molecule has 0 bridgehead atoms. The number of rotatable bonds is 4. The van der Waals surface area contributed by atoms with Crippen molar-refractivity contribution in [2.75, 3.05) is 11.4 Å². The molecule has 1 rings (SSSR count). The Kier molecular flexibility index (Phi) is 4.56. The molecule has 0 aliphatic rings. The molecule has 0 saturated heterocycles. The van der Waals surface area contributed by atoms with E-state index in [1.807, 2.05) is 20.8 Å². The predicted molar refractivity (Wildman–Crippen MR) is 65.3 cm³/mol. The van der Waals surface area contributed by atoms with Crippen molar-refractivity contribution in [3.8, 4) is 0 Å². The molecule has 18 heavy (non-hydrogen) atoms. The van der Waals surface area contributed by atoms with E-state index >= 15 is 0 Å². The highest BCUT2D eigenvalue weighted by atomic mass is 19.4. The van der Waals surface area contributed by atoms with E-state index in [0.717, 1.165) is 6.07 Å². The highest BCUT2D eigenvalue weighted by Crippen LogP contribution is 2.30. The first kappa shape index (κ1) is 14.8. The lowest BCUT2D eigenvalue weighted by Gasteiger charge is -2.28. The monoisotopic (exact) mass is 261 g/mol. The van der Waals surface area contributed by atoms with Crippen LogP contribution in [0.5, 0.6) is 0 Å². The molecule has 6 heteroatoms. The number of nitrogens with zero attached hydrogens (tertiary/aromatic N) is 2. The van der Waals surface area contributed by atoms with Gasteiger partial charge in [0.15, 0.2) is 0 Å². The Morgan fingerprint density at radius 2 is 1.94 bits per heavy atom. The summed E-state index contributed by atoms with van der Waals surface area (Å²) in [6.07, 6.45) is -4.43. The minimum Gasteiger partial charge on any atom is -0.354 e. The quantitative estimate of drug-likeness (QED) is 0.906. The second-order valence-electron chi connectivity index (χ2n) is 4.26. The van der Waals surface area contributed by atoms with Gasteiger partial charge in [0.05, 0.1) is 0 Å². The van der Waals surface area contributed by atoms with Crippen molar-refractivity contribution >= 4 is 5.82 Å². The minimum absolute atomic E-state index is 0.0660. The maximum absolute atomic E-state index is 12.7. The first-order chi connectivity index (χ1) is 8.31. The van der Waals surface area contributed by atoms with Gasteiger partial charge in [0.1, 0.15) is 11.5 Å². The molecule has 0 aromatic carbocycles. The smallest absolute Gasteiger partial charge is 0.354 e. The van der Waals surface area contributed by atoms with Crippen molar-refractivity contribution in [3.05, 3.63) is 23.4 Å². The minimum atomic E-state index is -4.43. The van der Waals surface area contributed by atoms with E-state index in [1.54, 1.807) is 4.90 Å². The van der Waals surface area contributed by atoms with Crippen LogP contribution in [0.25, 0.3) is 0 Å². The van der Waals surface area contributed by atoms with Gasteiger partial charge in [-0.25, -0.2) is 4.98 Å². The SMILES string of the molecule is CCN(c1nc(C(F)(F)F)ccc1CN)C(C)C. The Hall–Kier alpha value is -1.30. The fourth-order valence-corrected chi connectivity index (χ4v) is 1.80. The van der Waals surface area contributed by atoms with E-state index in [-0.39, 0.29) is 12.6 Å². The van der Waals surface area contributed by atoms with Gasteiger partial charge in [-0.05, 0) is 26.8 Å². The molecule has 0 radical (unpaired) electrons. The molecule has 1 heterocycles. The van der Waals surface area contributed by atoms with Gasteiger partial charge in [-0.2, -0.15) is 13.2 Å². The number of aromatic nitrogens is 1. The van der Waals surface area contributed by atoms with Crippen LogP contribution in [0.15, 0.2) is 12.1 Å². The van der Waals surface area contributed by atoms with Crippen LogP contribution in [-0.2, 0) is 12.7 Å². The molecular formula is C12H18F3N3. The summed E-state index contributed by atoms with van der Waals surface area (Å²) >= 11 is 0. The molecule has 0 spiro atoms. The summed E-state index contributed by atoms with van der Waals surface area (Å²) in [6, 6.07) is 2.44. The van der Waals surface area contributed by atoms with E-state index in [1.165, 1.54) is 6.07 Å². The lowest BCUT2D eigenvalue weighted by atomic mass is 10.2. The molecule has 0 unspecified atom stereocenters. The average Bonchev–Trinajstić information content (AvgIpc) is 2.28. The number of alkyl halides is 3. The zero-order chi connectivity index (χ0) is 13.9. The van der Waals surface area contributed by atoms with E-state index in [0.29, 0.717) is 17.9 Å². The van der Waals surface area contributed by atoms with Crippen LogP contribution in [0.2, 0.25) is 0 Å². The van der Waals surface area contributed by atoms with Gasteiger partial charge in [0, 0.05) is 24.7 Å². The zero-order valence-corrected chi connectivity index (χ0v) is 10.8. The first-order valence-corrected chi connectivity index (χ1v) is 5.85. The van der Waals surface area contributed by atoms with Gasteiger partial charge in [-0.15, -0.1) is 0 Å². The maximum atomic E-state index is 12.7. The lowest BCUT2D eigenvalue weighted by molar-refractivity contribution is -0.141. The molecule has 1 aromatic heterocycles. The molecule has 0 amide bonds. The van der Waals surface area contributed by atoms with E-state index in [4.69, 9.17) is 5.73 Å².